The minimum absolute atomic E-state index is 0.107. The van der Waals surface area contributed by atoms with Crippen molar-refractivity contribution in [1.29, 1.82) is 0 Å². The number of ether oxygens (including phenoxy) is 4. The number of aliphatic hydroxyl groups is 1. The molecule has 0 aliphatic heterocycles. The lowest BCUT2D eigenvalue weighted by atomic mass is 10.00. The van der Waals surface area contributed by atoms with E-state index in [0.29, 0.717) is 25.7 Å². The van der Waals surface area contributed by atoms with Crippen LogP contribution in [0.25, 0.3) is 0 Å². The highest BCUT2D eigenvalue weighted by molar-refractivity contribution is 7.47. The van der Waals surface area contributed by atoms with Crippen molar-refractivity contribution in [1.82, 2.24) is 0 Å². The van der Waals surface area contributed by atoms with Gasteiger partial charge in [-0.15, -0.1) is 0 Å². The number of carbonyl (C=O) groups excluding carboxylic acids is 4. The largest absolute Gasteiger partial charge is 0.472 e. The number of hydrogen-bond donors (Lipinski definition) is 3. The van der Waals surface area contributed by atoms with Gasteiger partial charge < -0.3 is 33.8 Å². The first-order chi connectivity index (χ1) is 48.4. The molecule has 0 aromatic carbocycles. The van der Waals surface area contributed by atoms with Crippen molar-refractivity contribution < 1.29 is 80.2 Å². The van der Waals surface area contributed by atoms with Gasteiger partial charge in [0.25, 0.3) is 0 Å². The van der Waals surface area contributed by atoms with Gasteiger partial charge in [0.15, 0.2) is 12.2 Å². The number of esters is 4. The Balaban J connectivity index is 5.24. The van der Waals surface area contributed by atoms with Gasteiger partial charge >= 0.3 is 39.5 Å². The van der Waals surface area contributed by atoms with E-state index in [-0.39, 0.29) is 25.7 Å². The van der Waals surface area contributed by atoms with Crippen LogP contribution >= 0.6 is 15.6 Å². The first kappa shape index (κ1) is 98.1. The van der Waals surface area contributed by atoms with Crippen LogP contribution < -0.4 is 0 Å². The van der Waals surface area contributed by atoms with E-state index in [2.05, 4.69) is 41.5 Å². The lowest BCUT2D eigenvalue weighted by Crippen LogP contribution is -2.30. The Kier molecular flexibility index (Phi) is 71.2. The van der Waals surface area contributed by atoms with Crippen LogP contribution in [0.4, 0.5) is 0 Å². The Morgan fingerprint density at radius 1 is 0.290 bits per heavy atom. The van der Waals surface area contributed by atoms with Crippen molar-refractivity contribution in [3.05, 3.63) is 0 Å². The zero-order valence-electron chi connectivity index (χ0n) is 65.5. The maximum atomic E-state index is 13.1. The van der Waals surface area contributed by atoms with Crippen LogP contribution in [-0.2, 0) is 65.4 Å². The fraction of sp³-hybridized carbons (Fsp3) is 0.951. The molecule has 0 amide bonds. The molecule has 0 saturated carbocycles. The molecule has 0 aromatic rings. The number of phosphoric acid groups is 2. The standard InChI is InChI=1S/C81H158O17P2/c1-7-10-12-14-16-18-20-22-24-25-26-27-28-34-38-42-46-54-60-66-80(85)97-76(69-91-78(83)63-57-51-44-40-36-33-30-29-31-35-39-43-49-55-61-73(4)5)71-95-99(87,88)93-67-75(82)68-94-100(89,90)96-72-77(70-92-79(84)64-58-52-48-47-50-56-62-74(6)9-3)98-81(86)65-59-53-45-41-37-32-23-21-19-17-15-13-11-8-2/h73-77,82H,7-72H2,1-6H3,(H,87,88)(H,89,90)/t74?,75-,76-,77-/m1/s1. The molecule has 19 heteroatoms. The highest BCUT2D eigenvalue weighted by Crippen LogP contribution is 2.45. The highest BCUT2D eigenvalue weighted by atomic mass is 31.2. The predicted octanol–water partition coefficient (Wildman–Crippen LogP) is 24.3. The fourth-order valence-corrected chi connectivity index (χ4v) is 14.1. The van der Waals surface area contributed by atoms with Gasteiger partial charge in [-0.05, 0) is 37.5 Å². The van der Waals surface area contributed by atoms with Crippen LogP contribution in [-0.4, -0.2) is 96.7 Å². The number of phosphoric ester groups is 2. The fourth-order valence-electron chi connectivity index (χ4n) is 12.5. The highest BCUT2D eigenvalue weighted by Gasteiger charge is 2.30. The molecule has 0 rings (SSSR count). The summed E-state index contributed by atoms with van der Waals surface area (Å²) in [6, 6.07) is 0. The molecular weight excluding hydrogens is 1310 g/mol. The molecular formula is C81H158O17P2. The molecule has 17 nitrogen and oxygen atoms in total. The van der Waals surface area contributed by atoms with E-state index in [1.807, 2.05) is 0 Å². The van der Waals surface area contributed by atoms with E-state index in [0.717, 1.165) is 108 Å². The van der Waals surface area contributed by atoms with Crippen LogP contribution in [0, 0.1) is 11.8 Å². The van der Waals surface area contributed by atoms with Gasteiger partial charge in [-0.3, -0.25) is 37.3 Å². The summed E-state index contributed by atoms with van der Waals surface area (Å²) >= 11 is 0. The SMILES string of the molecule is CCCCCCCCCCCCCCCCCCCCCC(=O)O[C@H](COC(=O)CCCCCCCCCCCCCCCCC(C)C)COP(=O)(O)OC[C@@H](O)COP(=O)(O)OC[C@@H](COC(=O)CCCCCCCCC(C)CC)OC(=O)CCCCCCCCCCCCCCCC. The van der Waals surface area contributed by atoms with E-state index in [4.69, 9.17) is 37.0 Å². The molecule has 3 N–H and O–H groups in total. The minimum Gasteiger partial charge on any atom is -0.462 e. The zero-order chi connectivity index (χ0) is 73.5. The van der Waals surface area contributed by atoms with Crippen LogP contribution in [0.2, 0.25) is 0 Å². The second-order valence-electron chi connectivity index (χ2n) is 29.9. The summed E-state index contributed by atoms with van der Waals surface area (Å²) in [6.45, 7) is 9.62. The molecule has 0 aliphatic carbocycles. The average Bonchev–Trinajstić information content (AvgIpc) is 0.927. The first-order valence-corrected chi connectivity index (χ1v) is 45.0. The Labute approximate surface area is 613 Å². The monoisotopic (exact) mass is 1470 g/mol. The van der Waals surface area contributed by atoms with Gasteiger partial charge in [-0.25, -0.2) is 9.13 Å². The first-order valence-electron chi connectivity index (χ1n) is 42.0. The lowest BCUT2D eigenvalue weighted by Gasteiger charge is -2.21. The molecule has 0 heterocycles. The van der Waals surface area contributed by atoms with Crippen molar-refractivity contribution in [2.75, 3.05) is 39.6 Å². The van der Waals surface area contributed by atoms with Gasteiger partial charge in [0.05, 0.1) is 26.4 Å². The summed E-state index contributed by atoms with van der Waals surface area (Å²) in [5.74, 6) is -0.578. The summed E-state index contributed by atoms with van der Waals surface area (Å²) in [7, 11) is -9.92. The van der Waals surface area contributed by atoms with Crippen LogP contribution in [0.1, 0.15) is 427 Å². The van der Waals surface area contributed by atoms with Crippen LogP contribution in [0.5, 0.6) is 0 Å². The molecule has 0 bridgehead atoms. The Hall–Kier alpha value is -1.94. The van der Waals surface area contributed by atoms with Crippen molar-refractivity contribution in [2.45, 2.75) is 445 Å². The number of aliphatic hydroxyl groups excluding tert-OH is 1. The summed E-state index contributed by atoms with van der Waals surface area (Å²) in [4.78, 5) is 73.0. The summed E-state index contributed by atoms with van der Waals surface area (Å²) in [6.07, 6.45) is 62.4. The topological polar surface area (TPSA) is 237 Å². The molecule has 0 fully saturated rings. The molecule has 3 unspecified atom stereocenters. The molecule has 0 aromatic heterocycles. The molecule has 6 atom stereocenters. The average molecular weight is 1470 g/mol. The van der Waals surface area contributed by atoms with Gasteiger partial charge in [0.1, 0.15) is 19.3 Å². The van der Waals surface area contributed by atoms with E-state index < -0.39 is 97.5 Å². The Morgan fingerprint density at radius 3 is 0.760 bits per heavy atom. The third-order valence-electron chi connectivity index (χ3n) is 19.3. The van der Waals surface area contributed by atoms with Gasteiger partial charge in [0.2, 0.25) is 0 Å². The van der Waals surface area contributed by atoms with Gasteiger partial charge in [-0.1, -0.05) is 375 Å². The molecule has 0 aliphatic rings. The minimum atomic E-state index is -4.96. The summed E-state index contributed by atoms with van der Waals surface area (Å²) in [5.41, 5.74) is 0. The second-order valence-corrected chi connectivity index (χ2v) is 32.8. The molecule has 100 heavy (non-hydrogen) atoms. The number of carbonyl (C=O) groups is 4. The number of rotatable bonds is 80. The zero-order valence-corrected chi connectivity index (χ0v) is 67.3. The summed E-state index contributed by atoms with van der Waals surface area (Å²) < 4.78 is 68.7. The second kappa shape index (κ2) is 72.6. The van der Waals surface area contributed by atoms with E-state index in [9.17, 15) is 43.2 Å². The third kappa shape index (κ3) is 73.0. The van der Waals surface area contributed by atoms with Crippen LogP contribution in [0.3, 0.4) is 0 Å². The van der Waals surface area contributed by atoms with Crippen molar-refractivity contribution >= 4 is 39.5 Å². The quantitative estimate of drug-likeness (QED) is 0.0222. The normalized spacial score (nSPS) is 14.2. The van der Waals surface area contributed by atoms with Crippen LogP contribution in [0.15, 0.2) is 0 Å². The molecule has 594 valence electrons. The maximum Gasteiger partial charge on any atom is 0.472 e. The van der Waals surface area contributed by atoms with Crippen molar-refractivity contribution in [3.63, 3.8) is 0 Å². The molecule has 0 radical (unpaired) electrons. The summed E-state index contributed by atoms with van der Waals surface area (Å²) in [5, 5.41) is 10.6. The molecule has 0 saturated heterocycles. The van der Waals surface area contributed by atoms with Gasteiger partial charge in [0, 0.05) is 25.7 Å². The Bertz CT molecular complexity index is 1930. The number of hydrogen-bond acceptors (Lipinski definition) is 15. The molecule has 0 spiro atoms. The van der Waals surface area contributed by atoms with E-state index in [1.54, 1.807) is 0 Å². The Morgan fingerprint density at radius 2 is 0.510 bits per heavy atom. The third-order valence-corrected chi connectivity index (χ3v) is 21.2. The van der Waals surface area contributed by atoms with Crippen molar-refractivity contribution in [2.24, 2.45) is 11.8 Å². The lowest BCUT2D eigenvalue weighted by molar-refractivity contribution is -0.161. The van der Waals surface area contributed by atoms with E-state index in [1.165, 1.54) is 238 Å². The van der Waals surface area contributed by atoms with E-state index >= 15 is 0 Å². The maximum absolute atomic E-state index is 13.1. The number of unbranched alkanes of at least 4 members (excludes halogenated alkanes) is 49. The van der Waals surface area contributed by atoms with Gasteiger partial charge in [-0.2, -0.15) is 0 Å². The van der Waals surface area contributed by atoms with Crippen molar-refractivity contribution in [3.8, 4) is 0 Å². The smallest absolute Gasteiger partial charge is 0.462 e. The predicted molar refractivity (Wildman–Crippen MR) is 409 cm³/mol.